The molecule has 0 saturated carbocycles. The number of carbonyl (C=O) groups is 3. The van der Waals surface area contributed by atoms with Crippen LogP contribution < -0.4 is 19.9 Å². The zero-order chi connectivity index (χ0) is 23.0. The summed E-state index contributed by atoms with van der Waals surface area (Å²) < 4.78 is 5.23. The smallest absolute Gasteiger partial charge is 0.269 e. The van der Waals surface area contributed by atoms with E-state index in [1.807, 2.05) is 42.5 Å². The van der Waals surface area contributed by atoms with Crippen molar-refractivity contribution >= 4 is 46.5 Å². The highest BCUT2D eigenvalue weighted by Gasteiger charge is 2.61. The highest BCUT2D eigenvalue weighted by atomic mass is 32.2. The molecule has 2 aliphatic heterocycles. The number of rotatable bonds is 5. The van der Waals surface area contributed by atoms with Crippen LogP contribution >= 0.6 is 11.8 Å². The van der Waals surface area contributed by atoms with Gasteiger partial charge in [-0.15, -0.1) is 11.8 Å². The van der Waals surface area contributed by atoms with Crippen molar-refractivity contribution < 1.29 is 19.1 Å². The Kier molecular flexibility index (Phi) is 5.30. The first kappa shape index (κ1) is 21.1. The van der Waals surface area contributed by atoms with Gasteiger partial charge in [0.2, 0.25) is 16.7 Å². The molecule has 0 aliphatic carbocycles. The molecule has 8 heteroatoms. The SMILES string of the molecule is COc1ccc(N2C(=O)CS[C@@]23C(=O)N(CC(=O)Nc2ccccc2)c2ccccc23)cc1. The summed E-state index contributed by atoms with van der Waals surface area (Å²) in [5.74, 6) is 0.0366. The first-order valence-corrected chi connectivity index (χ1v) is 11.4. The topological polar surface area (TPSA) is 79.0 Å². The molecule has 2 heterocycles. The van der Waals surface area contributed by atoms with E-state index in [9.17, 15) is 14.4 Å². The molecule has 1 saturated heterocycles. The van der Waals surface area contributed by atoms with Crippen LogP contribution in [-0.4, -0.2) is 37.1 Å². The van der Waals surface area contributed by atoms with E-state index < -0.39 is 4.87 Å². The van der Waals surface area contributed by atoms with Gasteiger partial charge in [0.15, 0.2) is 0 Å². The molecule has 1 spiro atoms. The van der Waals surface area contributed by atoms with Crippen molar-refractivity contribution in [1.82, 2.24) is 0 Å². The Morgan fingerprint density at radius 2 is 1.70 bits per heavy atom. The summed E-state index contributed by atoms with van der Waals surface area (Å²) in [5.41, 5.74) is 2.59. The third-order valence-electron chi connectivity index (χ3n) is 5.75. The van der Waals surface area contributed by atoms with Gasteiger partial charge in [-0.25, -0.2) is 0 Å². The van der Waals surface area contributed by atoms with Crippen molar-refractivity contribution in [1.29, 1.82) is 0 Å². The predicted octanol–water partition coefficient (Wildman–Crippen LogP) is 3.61. The summed E-state index contributed by atoms with van der Waals surface area (Å²) in [7, 11) is 1.57. The van der Waals surface area contributed by atoms with Crippen LogP contribution in [0.25, 0.3) is 0 Å². The monoisotopic (exact) mass is 459 g/mol. The maximum absolute atomic E-state index is 13.9. The lowest BCUT2D eigenvalue weighted by atomic mass is 10.0. The standard InChI is InChI=1S/C25H21N3O4S/c1-32-19-13-11-18(12-14-19)28-23(30)16-33-25(28)20-9-5-6-10-21(20)27(24(25)31)15-22(29)26-17-7-3-2-4-8-17/h2-14H,15-16H2,1H3,(H,26,29)/t25-/m0/s1. The van der Waals surface area contributed by atoms with Crippen molar-refractivity contribution in [2.24, 2.45) is 0 Å². The number of methoxy groups -OCH3 is 1. The third kappa shape index (κ3) is 3.43. The Balaban J connectivity index is 1.52. The van der Waals surface area contributed by atoms with Crippen LogP contribution in [0.4, 0.5) is 17.1 Å². The lowest BCUT2D eigenvalue weighted by Gasteiger charge is -2.33. The second-order valence-electron chi connectivity index (χ2n) is 7.68. The number of nitrogens with one attached hydrogen (secondary N) is 1. The van der Waals surface area contributed by atoms with E-state index in [0.717, 1.165) is 0 Å². The van der Waals surface area contributed by atoms with Gasteiger partial charge in [0, 0.05) is 16.9 Å². The van der Waals surface area contributed by atoms with Gasteiger partial charge in [0.05, 0.1) is 18.6 Å². The summed E-state index contributed by atoms with van der Waals surface area (Å²) in [6.45, 7) is -0.155. The largest absolute Gasteiger partial charge is 0.497 e. The molecule has 0 aromatic heterocycles. The van der Waals surface area contributed by atoms with Crippen molar-refractivity contribution in [3.8, 4) is 5.75 Å². The van der Waals surface area contributed by atoms with Gasteiger partial charge in [-0.3, -0.25) is 24.2 Å². The number of nitrogens with zero attached hydrogens (tertiary/aromatic N) is 2. The van der Waals surface area contributed by atoms with Crippen LogP contribution in [0.3, 0.4) is 0 Å². The number of hydrogen-bond acceptors (Lipinski definition) is 5. The van der Waals surface area contributed by atoms with E-state index in [-0.39, 0.29) is 30.0 Å². The van der Waals surface area contributed by atoms with Gasteiger partial charge in [-0.2, -0.15) is 0 Å². The Hall–Kier alpha value is -3.78. The summed E-state index contributed by atoms with van der Waals surface area (Å²) in [6, 6.07) is 23.5. The summed E-state index contributed by atoms with van der Waals surface area (Å²) in [4.78, 5) is 41.5. The lowest BCUT2D eigenvalue weighted by Crippen LogP contribution is -2.50. The maximum Gasteiger partial charge on any atom is 0.269 e. The van der Waals surface area contributed by atoms with Crippen molar-refractivity contribution in [3.05, 3.63) is 84.4 Å². The number of hydrogen-bond donors (Lipinski definition) is 1. The van der Waals surface area contributed by atoms with Crippen LogP contribution in [-0.2, 0) is 19.3 Å². The molecular formula is C25H21N3O4S. The van der Waals surface area contributed by atoms with Crippen LogP contribution in [0.15, 0.2) is 78.9 Å². The number of amides is 3. The molecule has 33 heavy (non-hydrogen) atoms. The van der Waals surface area contributed by atoms with Crippen LogP contribution in [0.1, 0.15) is 5.56 Å². The fourth-order valence-corrected chi connectivity index (χ4v) is 5.67. The molecule has 1 fully saturated rings. The Morgan fingerprint density at radius 1 is 1.00 bits per heavy atom. The van der Waals surface area contributed by atoms with E-state index in [1.165, 1.54) is 16.7 Å². The van der Waals surface area contributed by atoms with Gasteiger partial charge in [0.25, 0.3) is 5.91 Å². The summed E-state index contributed by atoms with van der Waals surface area (Å²) in [5, 5.41) is 2.83. The van der Waals surface area contributed by atoms with E-state index in [2.05, 4.69) is 5.32 Å². The molecule has 166 valence electrons. The molecule has 3 amide bonds. The van der Waals surface area contributed by atoms with E-state index >= 15 is 0 Å². The molecule has 0 bridgehead atoms. The van der Waals surface area contributed by atoms with E-state index in [4.69, 9.17) is 4.74 Å². The molecular weight excluding hydrogens is 438 g/mol. The minimum atomic E-state index is -1.25. The lowest BCUT2D eigenvalue weighted by molar-refractivity contribution is -0.124. The molecule has 3 aromatic rings. The van der Waals surface area contributed by atoms with Crippen LogP contribution in [0.2, 0.25) is 0 Å². The number of thioether (sulfide) groups is 1. The van der Waals surface area contributed by atoms with Crippen molar-refractivity contribution in [2.45, 2.75) is 4.87 Å². The first-order chi connectivity index (χ1) is 16.0. The fourth-order valence-electron chi connectivity index (χ4n) is 4.31. The second kappa shape index (κ2) is 8.29. The molecule has 5 rings (SSSR count). The van der Waals surface area contributed by atoms with Crippen LogP contribution in [0, 0.1) is 0 Å². The minimum absolute atomic E-state index is 0.155. The number of benzene rings is 3. The first-order valence-electron chi connectivity index (χ1n) is 10.4. The number of carbonyl (C=O) groups excluding carboxylic acids is 3. The maximum atomic E-state index is 13.9. The minimum Gasteiger partial charge on any atom is -0.497 e. The van der Waals surface area contributed by atoms with Crippen molar-refractivity contribution in [3.63, 3.8) is 0 Å². The molecule has 7 nitrogen and oxygen atoms in total. The molecule has 0 unspecified atom stereocenters. The molecule has 0 radical (unpaired) electrons. The van der Waals surface area contributed by atoms with Gasteiger partial charge >= 0.3 is 0 Å². The number of anilines is 3. The zero-order valence-corrected chi connectivity index (χ0v) is 18.7. The molecule has 1 N–H and O–H groups in total. The van der Waals surface area contributed by atoms with Crippen molar-refractivity contribution in [2.75, 3.05) is 34.5 Å². The normalized spacial score (nSPS) is 19.2. The van der Waals surface area contributed by atoms with E-state index in [0.29, 0.717) is 28.4 Å². The highest BCUT2D eigenvalue weighted by Crippen LogP contribution is 2.55. The average Bonchev–Trinajstić information content (AvgIpc) is 3.31. The predicted molar refractivity (Wildman–Crippen MR) is 128 cm³/mol. The quantitative estimate of drug-likeness (QED) is 0.631. The Morgan fingerprint density at radius 3 is 2.42 bits per heavy atom. The average molecular weight is 460 g/mol. The van der Waals surface area contributed by atoms with Gasteiger partial charge < -0.3 is 10.1 Å². The van der Waals surface area contributed by atoms with Crippen LogP contribution in [0.5, 0.6) is 5.75 Å². The zero-order valence-electron chi connectivity index (χ0n) is 17.9. The number of para-hydroxylation sites is 2. The highest BCUT2D eigenvalue weighted by molar-refractivity contribution is 8.02. The van der Waals surface area contributed by atoms with E-state index in [1.54, 1.807) is 48.4 Å². The number of fused-ring (bicyclic) bond motifs is 2. The summed E-state index contributed by atoms with van der Waals surface area (Å²) >= 11 is 1.28. The molecule has 1 atom stereocenters. The Labute approximate surface area is 195 Å². The third-order valence-corrected chi connectivity index (χ3v) is 7.14. The number of ether oxygens (including phenoxy) is 1. The van der Waals surface area contributed by atoms with Gasteiger partial charge in [-0.05, 0) is 42.5 Å². The second-order valence-corrected chi connectivity index (χ2v) is 8.85. The van der Waals surface area contributed by atoms with Gasteiger partial charge in [-0.1, -0.05) is 36.4 Å². The molecule has 3 aromatic carbocycles. The fraction of sp³-hybridized carbons (Fsp3) is 0.160. The Bertz CT molecular complexity index is 1230. The van der Waals surface area contributed by atoms with Gasteiger partial charge in [0.1, 0.15) is 12.3 Å². The summed E-state index contributed by atoms with van der Waals surface area (Å²) in [6.07, 6.45) is 0. The molecule has 2 aliphatic rings.